The van der Waals surface area contributed by atoms with Crippen LogP contribution in [0.25, 0.3) is 11.0 Å². The van der Waals surface area contributed by atoms with E-state index in [1.165, 1.54) is 4.57 Å². The van der Waals surface area contributed by atoms with Crippen molar-refractivity contribution in [2.24, 2.45) is 13.0 Å². The van der Waals surface area contributed by atoms with Crippen LogP contribution in [0.4, 0.5) is 0 Å². The van der Waals surface area contributed by atoms with Gasteiger partial charge in [0.15, 0.2) is 0 Å². The summed E-state index contributed by atoms with van der Waals surface area (Å²) in [6.07, 6.45) is 3.30. The van der Waals surface area contributed by atoms with Crippen LogP contribution >= 0.6 is 11.6 Å². The van der Waals surface area contributed by atoms with E-state index < -0.39 is 11.2 Å². The number of pyridine rings is 1. The summed E-state index contributed by atoms with van der Waals surface area (Å²) >= 11 is 6.07. The minimum Gasteiger partial charge on any atom is -0.455 e. The maximum Gasteiger partial charge on any atom is 0.332 e. The lowest BCUT2D eigenvalue weighted by molar-refractivity contribution is 0.277. The number of hydrogen-bond acceptors (Lipinski definition) is 5. The summed E-state index contributed by atoms with van der Waals surface area (Å²) in [5, 5.41) is 10.1. The summed E-state index contributed by atoms with van der Waals surface area (Å²) in [4.78, 5) is 30.3. The van der Waals surface area contributed by atoms with Crippen molar-refractivity contribution in [1.29, 1.82) is 0 Å². The molecular weight excluding hydrogens is 406 g/mol. The molecule has 3 aromatic rings. The molecule has 0 atom stereocenters. The van der Waals surface area contributed by atoms with Crippen LogP contribution in [0.1, 0.15) is 32.3 Å². The fourth-order valence-corrected chi connectivity index (χ4v) is 3.53. The smallest absolute Gasteiger partial charge is 0.332 e. The van der Waals surface area contributed by atoms with Gasteiger partial charge in [0.25, 0.3) is 5.56 Å². The minimum atomic E-state index is -0.452. The molecular formula is C22H26ClN3O4. The van der Waals surface area contributed by atoms with Gasteiger partial charge in [-0.1, -0.05) is 31.5 Å². The Morgan fingerprint density at radius 1 is 1.27 bits per heavy atom. The zero-order chi connectivity index (χ0) is 21.8. The van der Waals surface area contributed by atoms with Crippen LogP contribution in [0.3, 0.4) is 0 Å². The van der Waals surface area contributed by atoms with Crippen LogP contribution in [-0.2, 0) is 20.0 Å². The van der Waals surface area contributed by atoms with Crippen molar-refractivity contribution < 1.29 is 9.84 Å². The lowest BCUT2D eigenvalue weighted by atomic mass is 10.0. The number of aromatic nitrogens is 3. The predicted molar refractivity (Wildman–Crippen MR) is 118 cm³/mol. The Labute approximate surface area is 179 Å². The van der Waals surface area contributed by atoms with Gasteiger partial charge < -0.3 is 9.84 Å². The van der Waals surface area contributed by atoms with E-state index in [0.29, 0.717) is 51.9 Å². The molecule has 7 nitrogen and oxygen atoms in total. The van der Waals surface area contributed by atoms with Crippen molar-refractivity contribution >= 4 is 22.6 Å². The molecule has 0 saturated carbocycles. The number of halogens is 1. The van der Waals surface area contributed by atoms with Crippen molar-refractivity contribution in [2.75, 3.05) is 6.61 Å². The molecule has 0 aliphatic carbocycles. The van der Waals surface area contributed by atoms with Gasteiger partial charge in [0.2, 0.25) is 0 Å². The molecule has 0 spiro atoms. The van der Waals surface area contributed by atoms with Gasteiger partial charge in [-0.3, -0.25) is 13.9 Å². The first-order valence-electron chi connectivity index (χ1n) is 9.99. The van der Waals surface area contributed by atoms with Crippen molar-refractivity contribution in [1.82, 2.24) is 14.1 Å². The molecule has 8 heteroatoms. The molecule has 2 aromatic heterocycles. The highest BCUT2D eigenvalue weighted by Gasteiger charge is 2.20. The normalized spacial score (nSPS) is 11.4. The number of rotatable bonds is 8. The van der Waals surface area contributed by atoms with E-state index in [2.05, 4.69) is 18.8 Å². The summed E-state index contributed by atoms with van der Waals surface area (Å²) < 4.78 is 8.58. The van der Waals surface area contributed by atoms with E-state index in [1.807, 2.05) is 0 Å². The van der Waals surface area contributed by atoms with Crippen LogP contribution in [0.2, 0.25) is 5.02 Å². The topological polar surface area (TPSA) is 86.3 Å². The van der Waals surface area contributed by atoms with Gasteiger partial charge in [0.1, 0.15) is 17.1 Å². The maximum atomic E-state index is 13.3. The molecule has 0 aliphatic rings. The van der Waals surface area contributed by atoms with E-state index in [0.717, 1.165) is 11.0 Å². The number of aryl methyl sites for hydroxylation is 2. The SMILES string of the molecule is CC(C)CCc1c(Oc2cccc(Cl)c2)cnc2c1c(=O)n(CCCO)c(=O)n2C. The Balaban J connectivity index is 2.25. The molecule has 3 rings (SSSR count). The third-order valence-electron chi connectivity index (χ3n) is 4.96. The van der Waals surface area contributed by atoms with Crippen LogP contribution in [0.15, 0.2) is 40.1 Å². The van der Waals surface area contributed by atoms with Gasteiger partial charge in [0, 0.05) is 30.8 Å². The molecule has 1 N–H and O–H groups in total. The fraction of sp³-hybridized carbons (Fsp3) is 0.409. The summed E-state index contributed by atoms with van der Waals surface area (Å²) in [7, 11) is 1.59. The Morgan fingerprint density at radius 3 is 2.70 bits per heavy atom. The Morgan fingerprint density at radius 2 is 2.03 bits per heavy atom. The second-order valence-corrected chi connectivity index (χ2v) is 8.10. The van der Waals surface area contributed by atoms with Crippen LogP contribution in [-0.4, -0.2) is 25.8 Å². The minimum absolute atomic E-state index is 0.107. The first-order chi connectivity index (χ1) is 14.3. The summed E-state index contributed by atoms with van der Waals surface area (Å²) in [6.45, 7) is 4.25. The van der Waals surface area contributed by atoms with Crippen molar-refractivity contribution in [2.45, 2.75) is 39.7 Å². The Kier molecular flexibility index (Phi) is 6.95. The predicted octanol–water partition coefficient (Wildman–Crippen LogP) is 3.51. The van der Waals surface area contributed by atoms with E-state index in [-0.39, 0.29) is 13.2 Å². The van der Waals surface area contributed by atoms with Crippen molar-refractivity contribution in [3.05, 3.63) is 61.9 Å². The van der Waals surface area contributed by atoms with Crippen LogP contribution in [0, 0.1) is 5.92 Å². The molecule has 0 amide bonds. The number of benzene rings is 1. The van der Waals surface area contributed by atoms with Gasteiger partial charge in [-0.2, -0.15) is 0 Å². The monoisotopic (exact) mass is 431 g/mol. The van der Waals surface area contributed by atoms with E-state index >= 15 is 0 Å². The van der Waals surface area contributed by atoms with Crippen LogP contribution in [0.5, 0.6) is 11.5 Å². The third-order valence-corrected chi connectivity index (χ3v) is 5.19. The average Bonchev–Trinajstić information content (AvgIpc) is 2.70. The Bertz CT molecular complexity index is 1170. The average molecular weight is 432 g/mol. The second-order valence-electron chi connectivity index (χ2n) is 7.67. The number of nitrogens with zero attached hydrogens (tertiary/aromatic N) is 3. The molecule has 0 saturated heterocycles. The van der Waals surface area contributed by atoms with Gasteiger partial charge >= 0.3 is 5.69 Å². The highest BCUT2D eigenvalue weighted by molar-refractivity contribution is 6.30. The largest absolute Gasteiger partial charge is 0.455 e. The molecule has 2 heterocycles. The number of ether oxygens (including phenoxy) is 1. The van der Waals surface area contributed by atoms with Gasteiger partial charge in [-0.25, -0.2) is 9.78 Å². The number of fused-ring (bicyclic) bond motifs is 1. The molecule has 1 aromatic carbocycles. The molecule has 0 bridgehead atoms. The highest BCUT2D eigenvalue weighted by atomic mass is 35.5. The quantitative estimate of drug-likeness (QED) is 0.589. The van der Waals surface area contributed by atoms with Crippen LogP contribution < -0.4 is 16.0 Å². The van der Waals surface area contributed by atoms with E-state index in [9.17, 15) is 9.59 Å². The molecule has 0 unspecified atom stereocenters. The lowest BCUT2D eigenvalue weighted by Gasteiger charge is -2.17. The van der Waals surface area contributed by atoms with Gasteiger partial charge in [-0.15, -0.1) is 0 Å². The molecule has 30 heavy (non-hydrogen) atoms. The third kappa shape index (κ3) is 4.57. The van der Waals surface area contributed by atoms with Crippen molar-refractivity contribution in [3.63, 3.8) is 0 Å². The van der Waals surface area contributed by atoms with Crippen molar-refractivity contribution in [3.8, 4) is 11.5 Å². The molecule has 160 valence electrons. The zero-order valence-electron chi connectivity index (χ0n) is 17.4. The number of aliphatic hydroxyl groups is 1. The lowest BCUT2D eigenvalue weighted by Crippen LogP contribution is -2.40. The standard InChI is InChI=1S/C22H26ClN3O4/c1-14(2)8-9-17-18(30-16-7-4-6-15(23)12-16)13-24-20-19(17)21(28)26(10-5-11-27)22(29)25(20)3/h4,6-7,12-14,27H,5,8-11H2,1-3H3. The summed E-state index contributed by atoms with van der Waals surface area (Å²) in [5.41, 5.74) is 0.172. The second kappa shape index (κ2) is 9.45. The van der Waals surface area contributed by atoms with Gasteiger partial charge in [-0.05, 0) is 43.4 Å². The summed E-state index contributed by atoms with van der Waals surface area (Å²) in [6, 6.07) is 7.01. The maximum absolute atomic E-state index is 13.3. The summed E-state index contributed by atoms with van der Waals surface area (Å²) in [5.74, 6) is 1.42. The van der Waals surface area contributed by atoms with E-state index in [4.69, 9.17) is 21.4 Å². The highest BCUT2D eigenvalue weighted by Crippen LogP contribution is 2.31. The zero-order valence-corrected chi connectivity index (χ0v) is 18.1. The number of aliphatic hydroxyl groups excluding tert-OH is 1. The Hall–Kier alpha value is -2.64. The molecule has 0 aliphatic heterocycles. The molecule has 0 radical (unpaired) electrons. The van der Waals surface area contributed by atoms with E-state index in [1.54, 1.807) is 37.5 Å². The number of hydrogen-bond donors (Lipinski definition) is 1. The van der Waals surface area contributed by atoms with Gasteiger partial charge in [0.05, 0.1) is 11.6 Å². The first-order valence-corrected chi connectivity index (χ1v) is 10.4. The fourth-order valence-electron chi connectivity index (χ4n) is 3.35. The first kappa shape index (κ1) is 22.1. The molecule has 0 fully saturated rings.